The van der Waals surface area contributed by atoms with Gasteiger partial charge >= 0.3 is 6.18 Å². The summed E-state index contributed by atoms with van der Waals surface area (Å²) >= 11 is 0. The lowest BCUT2D eigenvalue weighted by atomic mass is 9.87. The van der Waals surface area contributed by atoms with Crippen LogP contribution < -0.4 is 4.72 Å². The molecule has 0 heterocycles. The second kappa shape index (κ2) is 6.00. The minimum Gasteiger partial charge on any atom is -0.297 e. The Morgan fingerprint density at radius 3 is 2.18 bits per heavy atom. The van der Waals surface area contributed by atoms with Crippen molar-refractivity contribution in [2.75, 3.05) is 0 Å². The summed E-state index contributed by atoms with van der Waals surface area (Å²) in [6.45, 7) is 6.25. The van der Waals surface area contributed by atoms with Gasteiger partial charge in [-0.25, -0.2) is 13.1 Å². The number of Topliss-reactive ketones (excluding diaryl/α,β-unsaturated/α-hetero) is 1. The molecule has 0 fully saturated rings. The van der Waals surface area contributed by atoms with Crippen LogP contribution in [0.15, 0.2) is 29.2 Å². The van der Waals surface area contributed by atoms with Crippen LogP contribution in [0.1, 0.15) is 33.3 Å². The number of halogens is 3. The number of ketones is 1. The number of sulfonamides is 1. The number of hydrogen-bond donors (Lipinski definition) is 1. The van der Waals surface area contributed by atoms with Crippen LogP contribution in [0, 0.1) is 5.41 Å². The van der Waals surface area contributed by atoms with Gasteiger partial charge in [-0.1, -0.05) is 26.8 Å². The first-order valence-corrected chi connectivity index (χ1v) is 7.97. The number of rotatable bonds is 4. The Hall–Kier alpha value is -1.41. The molecular weight excluding hydrogens is 319 g/mol. The summed E-state index contributed by atoms with van der Waals surface area (Å²) in [5.41, 5.74) is -1.83. The molecule has 1 rings (SSSR count). The first-order chi connectivity index (χ1) is 9.75. The van der Waals surface area contributed by atoms with Crippen LogP contribution in [0.3, 0.4) is 0 Å². The van der Waals surface area contributed by atoms with Gasteiger partial charge in [0.05, 0.1) is 16.5 Å². The van der Waals surface area contributed by atoms with E-state index in [1.165, 1.54) is 6.92 Å². The first-order valence-electron chi connectivity index (χ1n) is 6.49. The number of benzene rings is 1. The van der Waals surface area contributed by atoms with Crippen LogP contribution in [0.4, 0.5) is 13.2 Å². The minimum absolute atomic E-state index is 0.358. The van der Waals surface area contributed by atoms with Crippen molar-refractivity contribution in [3.8, 4) is 0 Å². The highest BCUT2D eigenvalue weighted by Crippen LogP contribution is 2.30. The summed E-state index contributed by atoms with van der Waals surface area (Å²) in [5, 5.41) is 0. The minimum atomic E-state index is -4.64. The molecule has 0 saturated heterocycles. The summed E-state index contributed by atoms with van der Waals surface area (Å²) in [7, 11) is -4.22. The Morgan fingerprint density at radius 1 is 1.18 bits per heavy atom. The van der Waals surface area contributed by atoms with Crippen LogP contribution in [-0.4, -0.2) is 20.2 Å². The second-order valence-electron chi connectivity index (χ2n) is 5.98. The standard InChI is InChI=1S/C14H18F3NO3S/c1-9(12(19)13(2,3)4)18-22(20,21)11-7-5-6-10(8-11)14(15,16)17/h5-9,18H,1-4H3. The molecule has 0 spiro atoms. The maximum absolute atomic E-state index is 12.6. The number of carbonyl (C=O) groups is 1. The van der Waals surface area contributed by atoms with Crippen molar-refractivity contribution in [2.24, 2.45) is 5.41 Å². The van der Waals surface area contributed by atoms with E-state index in [0.29, 0.717) is 6.07 Å². The SMILES string of the molecule is CC(NS(=O)(=O)c1cccc(C(F)(F)F)c1)C(=O)C(C)(C)C. The van der Waals surface area contributed by atoms with Gasteiger partial charge in [-0.15, -0.1) is 0 Å². The fourth-order valence-electron chi connectivity index (χ4n) is 1.84. The molecule has 0 amide bonds. The third-order valence-corrected chi connectivity index (χ3v) is 4.47. The molecule has 1 unspecified atom stereocenters. The van der Waals surface area contributed by atoms with Gasteiger partial charge in [0, 0.05) is 5.41 Å². The van der Waals surface area contributed by atoms with E-state index in [1.807, 2.05) is 0 Å². The molecule has 1 aromatic carbocycles. The van der Waals surface area contributed by atoms with Crippen molar-refractivity contribution in [3.63, 3.8) is 0 Å². The largest absolute Gasteiger partial charge is 0.416 e. The smallest absolute Gasteiger partial charge is 0.297 e. The zero-order chi connectivity index (χ0) is 17.3. The highest BCUT2D eigenvalue weighted by atomic mass is 32.2. The van der Waals surface area contributed by atoms with Crippen LogP contribution in [0.2, 0.25) is 0 Å². The molecule has 0 saturated carbocycles. The number of nitrogens with one attached hydrogen (secondary N) is 1. The van der Waals surface area contributed by atoms with Crippen molar-refractivity contribution < 1.29 is 26.4 Å². The van der Waals surface area contributed by atoms with Gasteiger partial charge < -0.3 is 0 Å². The summed E-state index contributed by atoms with van der Waals surface area (Å²) < 4.78 is 64.3. The van der Waals surface area contributed by atoms with Crippen molar-refractivity contribution in [3.05, 3.63) is 29.8 Å². The van der Waals surface area contributed by atoms with Crippen molar-refractivity contribution in [1.82, 2.24) is 4.72 Å². The van der Waals surface area contributed by atoms with Gasteiger partial charge in [0.2, 0.25) is 10.0 Å². The van der Waals surface area contributed by atoms with Gasteiger partial charge in [0.25, 0.3) is 0 Å². The van der Waals surface area contributed by atoms with Crippen LogP contribution in [0.25, 0.3) is 0 Å². The molecule has 22 heavy (non-hydrogen) atoms. The van der Waals surface area contributed by atoms with Crippen LogP contribution >= 0.6 is 0 Å². The normalized spacial score (nSPS) is 14.7. The Morgan fingerprint density at radius 2 is 1.73 bits per heavy atom. The Kier molecular flexibility index (Phi) is 5.08. The van der Waals surface area contributed by atoms with E-state index < -0.39 is 38.1 Å². The average Bonchev–Trinajstić information content (AvgIpc) is 2.35. The molecule has 4 nitrogen and oxygen atoms in total. The molecule has 1 aromatic rings. The summed E-state index contributed by atoms with van der Waals surface area (Å²) in [6.07, 6.45) is -4.64. The quantitative estimate of drug-likeness (QED) is 0.919. The van der Waals surface area contributed by atoms with Crippen molar-refractivity contribution in [1.29, 1.82) is 0 Å². The highest BCUT2D eigenvalue weighted by Gasteiger charge is 2.33. The maximum Gasteiger partial charge on any atom is 0.416 e. The molecular formula is C14H18F3NO3S. The zero-order valence-electron chi connectivity index (χ0n) is 12.7. The van der Waals surface area contributed by atoms with Crippen LogP contribution in [0.5, 0.6) is 0 Å². The molecule has 8 heteroatoms. The third-order valence-electron chi connectivity index (χ3n) is 2.94. The lowest BCUT2D eigenvalue weighted by Gasteiger charge is -2.22. The fourth-order valence-corrected chi connectivity index (χ4v) is 3.09. The number of hydrogen-bond acceptors (Lipinski definition) is 3. The molecule has 0 aliphatic carbocycles. The Labute approximate surface area is 127 Å². The predicted molar refractivity (Wildman–Crippen MR) is 75.7 cm³/mol. The molecule has 0 aliphatic heterocycles. The van der Waals surface area contributed by atoms with Gasteiger partial charge in [-0.3, -0.25) is 4.79 Å². The second-order valence-corrected chi connectivity index (χ2v) is 7.70. The highest BCUT2D eigenvalue weighted by molar-refractivity contribution is 7.89. The molecule has 0 aliphatic rings. The van der Waals surface area contributed by atoms with Gasteiger partial charge in [-0.05, 0) is 25.1 Å². The molecule has 0 aromatic heterocycles. The summed E-state index contributed by atoms with van der Waals surface area (Å²) in [5.74, 6) is -0.358. The maximum atomic E-state index is 12.6. The summed E-state index contributed by atoms with van der Waals surface area (Å²) in [6, 6.07) is 2.33. The van der Waals surface area contributed by atoms with Crippen LogP contribution in [-0.2, 0) is 21.0 Å². The van der Waals surface area contributed by atoms with Crippen molar-refractivity contribution >= 4 is 15.8 Å². The zero-order valence-corrected chi connectivity index (χ0v) is 13.5. The average molecular weight is 337 g/mol. The Balaban J connectivity index is 3.09. The monoisotopic (exact) mass is 337 g/mol. The summed E-state index contributed by atoms with van der Waals surface area (Å²) in [4.78, 5) is 11.5. The molecule has 0 bridgehead atoms. The molecule has 124 valence electrons. The van der Waals surface area contributed by atoms with Crippen molar-refractivity contribution in [2.45, 2.75) is 44.8 Å². The van der Waals surface area contributed by atoms with Gasteiger partial charge in [0.15, 0.2) is 5.78 Å². The molecule has 0 radical (unpaired) electrons. The molecule has 1 atom stereocenters. The third kappa shape index (κ3) is 4.54. The lowest BCUT2D eigenvalue weighted by Crippen LogP contribution is -2.43. The molecule has 1 N–H and O–H groups in total. The van der Waals surface area contributed by atoms with E-state index in [4.69, 9.17) is 0 Å². The number of alkyl halides is 3. The van der Waals surface area contributed by atoms with Gasteiger partial charge in [0.1, 0.15) is 0 Å². The lowest BCUT2D eigenvalue weighted by molar-refractivity contribution is -0.137. The Bertz CT molecular complexity index is 661. The van der Waals surface area contributed by atoms with E-state index in [9.17, 15) is 26.4 Å². The van der Waals surface area contributed by atoms with E-state index in [2.05, 4.69) is 4.72 Å². The van der Waals surface area contributed by atoms with E-state index in [-0.39, 0.29) is 5.78 Å². The number of carbonyl (C=O) groups excluding carboxylic acids is 1. The fraction of sp³-hybridized carbons (Fsp3) is 0.500. The van der Waals surface area contributed by atoms with E-state index in [0.717, 1.165) is 18.2 Å². The van der Waals surface area contributed by atoms with E-state index in [1.54, 1.807) is 20.8 Å². The van der Waals surface area contributed by atoms with Gasteiger partial charge in [-0.2, -0.15) is 13.2 Å². The predicted octanol–water partition coefficient (Wildman–Crippen LogP) is 2.99. The first kappa shape index (κ1) is 18.6. The topological polar surface area (TPSA) is 63.2 Å². The van der Waals surface area contributed by atoms with E-state index >= 15 is 0 Å².